The minimum Gasteiger partial charge on any atom is -0.337 e. The zero-order valence-corrected chi connectivity index (χ0v) is 11.9. The van der Waals surface area contributed by atoms with E-state index < -0.39 is 0 Å². The molecule has 4 unspecified atom stereocenters. The Bertz CT molecular complexity index is 293. The van der Waals surface area contributed by atoms with Crippen LogP contribution in [0.2, 0.25) is 0 Å². The van der Waals surface area contributed by atoms with Crippen LogP contribution in [0.1, 0.15) is 40.0 Å². The van der Waals surface area contributed by atoms with E-state index >= 15 is 0 Å². The first-order chi connectivity index (χ1) is 8.60. The predicted molar refractivity (Wildman–Crippen MR) is 73.5 cm³/mol. The fourth-order valence-corrected chi connectivity index (χ4v) is 3.45. The SMILES string of the molecule is CCC1CN2CCC1CC2CNC(=O)NC(C)C. The molecular formula is C14H27N3O. The van der Waals surface area contributed by atoms with Crippen molar-refractivity contribution in [3.8, 4) is 0 Å². The van der Waals surface area contributed by atoms with Crippen LogP contribution in [0.25, 0.3) is 0 Å². The maximum atomic E-state index is 11.6. The van der Waals surface area contributed by atoms with Gasteiger partial charge >= 0.3 is 6.03 Å². The number of urea groups is 1. The van der Waals surface area contributed by atoms with Gasteiger partial charge in [0.1, 0.15) is 0 Å². The Labute approximate surface area is 110 Å². The van der Waals surface area contributed by atoms with Crippen LogP contribution in [-0.4, -0.2) is 42.6 Å². The van der Waals surface area contributed by atoms with E-state index in [0.29, 0.717) is 6.04 Å². The largest absolute Gasteiger partial charge is 0.337 e. The molecule has 4 heteroatoms. The van der Waals surface area contributed by atoms with Gasteiger partial charge in [-0.05, 0) is 45.1 Å². The van der Waals surface area contributed by atoms with Crippen molar-refractivity contribution in [2.75, 3.05) is 19.6 Å². The monoisotopic (exact) mass is 253 g/mol. The van der Waals surface area contributed by atoms with Crippen LogP contribution >= 0.6 is 0 Å². The van der Waals surface area contributed by atoms with Gasteiger partial charge in [0.05, 0.1) is 0 Å². The van der Waals surface area contributed by atoms with E-state index in [0.717, 1.165) is 18.4 Å². The van der Waals surface area contributed by atoms with Gasteiger partial charge in [-0.15, -0.1) is 0 Å². The van der Waals surface area contributed by atoms with Gasteiger partial charge in [0.2, 0.25) is 0 Å². The van der Waals surface area contributed by atoms with Crippen LogP contribution in [0, 0.1) is 11.8 Å². The molecule has 3 saturated heterocycles. The van der Waals surface area contributed by atoms with Crippen molar-refractivity contribution in [1.29, 1.82) is 0 Å². The number of piperidine rings is 3. The molecule has 0 aromatic rings. The third kappa shape index (κ3) is 3.16. The van der Waals surface area contributed by atoms with Gasteiger partial charge in [-0.25, -0.2) is 4.79 Å². The first-order valence-electron chi connectivity index (χ1n) is 7.38. The molecule has 2 bridgehead atoms. The molecule has 4 nitrogen and oxygen atoms in total. The summed E-state index contributed by atoms with van der Waals surface area (Å²) in [6, 6.07) is 0.738. The number of hydrogen-bond donors (Lipinski definition) is 2. The highest BCUT2D eigenvalue weighted by molar-refractivity contribution is 5.74. The van der Waals surface area contributed by atoms with Gasteiger partial charge in [0, 0.05) is 25.2 Å². The molecular weight excluding hydrogens is 226 g/mol. The molecule has 2 N–H and O–H groups in total. The summed E-state index contributed by atoms with van der Waals surface area (Å²) in [5, 5.41) is 5.89. The number of rotatable bonds is 4. The van der Waals surface area contributed by atoms with Gasteiger partial charge in [0.15, 0.2) is 0 Å². The highest BCUT2D eigenvalue weighted by Crippen LogP contribution is 2.37. The standard InChI is InChI=1S/C14H27N3O/c1-4-11-9-17-6-5-12(11)7-13(17)8-15-14(18)16-10(2)3/h10-13H,4-9H2,1-3H3,(H2,15,16,18). The highest BCUT2D eigenvalue weighted by Gasteiger charge is 2.38. The summed E-state index contributed by atoms with van der Waals surface area (Å²) in [5.74, 6) is 1.78. The van der Waals surface area contributed by atoms with Crippen LogP contribution in [0.4, 0.5) is 4.79 Å². The molecule has 3 fully saturated rings. The zero-order valence-electron chi connectivity index (χ0n) is 11.9. The van der Waals surface area contributed by atoms with Crippen molar-refractivity contribution >= 4 is 6.03 Å². The van der Waals surface area contributed by atoms with E-state index in [-0.39, 0.29) is 12.1 Å². The highest BCUT2D eigenvalue weighted by atomic mass is 16.2. The fourth-order valence-electron chi connectivity index (χ4n) is 3.45. The molecule has 0 saturated carbocycles. The Morgan fingerprint density at radius 1 is 1.44 bits per heavy atom. The lowest BCUT2D eigenvalue weighted by atomic mass is 9.74. The summed E-state index contributed by atoms with van der Waals surface area (Å²) in [6.07, 6.45) is 3.92. The molecule has 0 spiro atoms. The van der Waals surface area contributed by atoms with Crippen molar-refractivity contribution in [3.05, 3.63) is 0 Å². The fraction of sp³-hybridized carbons (Fsp3) is 0.929. The number of nitrogens with one attached hydrogen (secondary N) is 2. The predicted octanol–water partition coefficient (Wildman–Crippen LogP) is 1.81. The number of amides is 2. The molecule has 0 aliphatic carbocycles. The lowest BCUT2D eigenvalue weighted by Gasteiger charge is -2.49. The van der Waals surface area contributed by atoms with Crippen LogP contribution in [0.15, 0.2) is 0 Å². The van der Waals surface area contributed by atoms with E-state index in [4.69, 9.17) is 0 Å². The van der Waals surface area contributed by atoms with Crippen molar-refractivity contribution in [2.45, 2.75) is 52.1 Å². The minimum atomic E-state index is -0.0281. The van der Waals surface area contributed by atoms with E-state index in [1.165, 1.54) is 32.4 Å². The third-order valence-electron chi connectivity index (χ3n) is 4.46. The summed E-state index contributed by atoms with van der Waals surface area (Å²) in [5.41, 5.74) is 0. The second kappa shape index (κ2) is 5.91. The van der Waals surface area contributed by atoms with E-state index in [9.17, 15) is 4.79 Å². The molecule has 4 atom stereocenters. The van der Waals surface area contributed by atoms with Crippen LogP contribution in [-0.2, 0) is 0 Å². The van der Waals surface area contributed by atoms with Gasteiger partial charge in [0.25, 0.3) is 0 Å². The topological polar surface area (TPSA) is 44.4 Å². The Balaban J connectivity index is 1.77. The third-order valence-corrected chi connectivity index (χ3v) is 4.46. The van der Waals surface area contributed by atoms with Gasteiger partial charge < -0.3 is 10.6 Å². The molecule has 2 amide bonds. The van der Waals surface area contributed by atoms with Crippen molar-refractivity contribution in [3.63, 3.8) is 0 Å². The molecule has 0 aromatic carbocycles. The summed E-state index contributed by atoms with van der Waals surface area (Å²) in [4.78, 5) is 14.2. The van der Waals surface area contributed by atoms with Gasteiger partial charge in [-0.2, -0.15) is 0 Å². The van der Waals surface area contributed by atoms with Gasteiger partial charge in [-0.3, -0.25) is 4.90 Å². The molecule has 3 aliphatic heterocycles. The Morgan fingerprint density at radius 3 is 2.78 bits per heavy atom. The van der Waals surface area contributed by atoms with E-state index in [1.807, 2.05) is 13.8 Å². The van der Waals surface area contributed by atoms with Crippen LogP contribution < -0.4 is 10.6 Å². The molecule has 3 heterocycles. The first-order valence-corrected chi connectivity index (χ1v) is 7.38. The Morgan fingerprint density at radius 2 is 2.22 bits per heavy atom. The molecule has 18 heavy (non-hydrogen) atoms. The minimum absolute atomic E-state index is 0.0281. The van der Waals surface area contributed by atoms with E-state index in [1.54, 1.807) is 0 Å². The first kappa shape index (κ1) is 13.7. The van der Waals surface area contributed by atoms with Gasteiger partial charge in [-0.1, -0.05) is 13.3 Å². The zero-order chi connectivity index (χ0) is 13.1. The maximum Gasteiger partial charge on any atom is 0.315 e. The smallest absolute Gasteiger partial charge is 0.315 e. The Hall–Kier alpha value is -0.770. The van der Waals surface area contributed by atoms with Crippen molar-refractivity contribution in [1.82, 2.24) is 15.5 Å². The van der Waals surface area contributed by atoms with E-state index in [2.05, 4.69) is 22.5 Å². The quantitative estimate of drug-likeness (QED) is 0.802. The average Bonchev–Trinajstić information content (AvgIpc) is 2.36. The normalized spacial score (nSPS) is 34.7. The molecule has 0 radical (unpaired) electrons. The van der Waals surface area contributed by atoms with Crippen molar-refractivity contribution in [2.24, 2.45) is 11.8 Å². The Kier molecular flexibility index (Phi) is 4.49. The number of fused-ring (bicyclic) bond motifs is 3. The number of hydrogen-bond acceptors (Lipinski definition) is 2. The lowest BCUT2D eigenvalue weighted by Crippen LogP contribution is -2.57. The summed E-state index contributed by atoms with van der Waals surface area (Å²) in [7, 11) is 0. The lowest BCUT2D eigenvalue weighted by molar-refractivity contribution is 0.00143. The molecule has 0 aromatic heterocycles. The van der Waals surface area contributed by atoms with Crippen LogP contribution in [0.5, 0.6) is 0 Å². The number of carbonyl (C=O) groups is 1. The second-order valence-corrected chi connectivity index (χ2v) is 6.11. The number of nitrogens with zero attached hydrogens (tertiary/aromatic N) is 1. The molecule has 104 valence electrons. The molecule has 3 rings (SSSR count). The van der Waals surface area contributed by atoms with Crippen molar-refractivity contribution < 1.29 is 4.79 Å². The number of carbonyl (C=O) groups excluding carboxylic acids is 1. The molecule has 3 aliphatic rings. The average molecular weight is 253 g/mol. The summed E-state index contributed by atoms with van der Waals surface area (Å²) >= 11 is 0. The van der Waals surface area contributed by atoms with Crippen LogP contribution in [0.3, 0.4) is 0 Å². The second-order valence-electron chi connectivity index (χ2n) is 6.11. The summed E-state index contributed by atoms with van der Waals surface area (Å²) in [6.45, 7) is 9.52. The summed E-state index contributed by atoms with van der Waals surface area (Å²) < 4.78 is 0. The maximum absolute atomic E-state index is 11.6.